The molecule has 1 fully saturated rings. The summed E-state index contributed by atoms with van der Waals surface area (Å²) in [5, 5.41) is 3.44. The Balaban J connectivity index is 1.70. The Bertz CT molecular complexity index is 571. The molecule has 1 aromatic rings. The molecule has 1 saturated heterocycles. The summed E-state index contributed by atoms with van der Waals surface area (Å²) in [5.74, 6) is 1.19. The number of fused-ring (bicyclic) bond motifs is 1. The number of rotatable bonds is 2. The molecule has 0 aromatic heterocycles. The molecule has 110 valence electrons. The van der Waals surface area contributed by atoms with Gasteiger partial charge < -0.3 is 10.2 Å². The fourth-order valence-electron chi connectivity index (χ4n) is 3.22. The van der Waals surface area contributed by atoms with E-state index in [4.69, 9.17) is 0 Å². The first-order valence-electron chi connectivity index (χ1n) is 7.40. The summed E-state index contributed by atoms with van der Waals surface area (Å²) in [6.07, 6.45) is 1.90. The van der Waals surface area contributed by atoms with Crippen LogP contribution in [-0.2, 0) is 9.84 Å². The van der Waals surface area contributed by atoms with E-state index < -0.39 is 9.84 Å². The van der Waals surface area contributed by atoms with Crippen molar-refractivity contribution in [3.63, 3.8) is 0 Å². The van der Waals surface area contributed by atoms with E-state index in [-0.39, 0.29) is 0 Å². The van der Waals surface area contributed by atoms with Crippen LogP contribution >= 0.6 is 0 Å². The second kappa shape index (κ2) is 5.74. The number of sulfone groups is 1. The van der Waals surface area contributed by atoms with Gasteiger partial charge in [0.15, 0.2) is 9.84 Å². The van der Waals surface area contributed by atoms with Crippen LogP contribution in [0.3, 0.4) is 0 Å². The fourth-order valence-corrected chi connectivity index (χ4v) is 4.53. The minimum absolute atomic E-state index is 0.319. The third kappa shape index (κ3) is 3.15. The molecule has 4 nitrogen and oxygen atoms in total. The first-order valence-corrected chi connectivity index (χ1v) is 9.22. The highest BCUT2D eigenvalue weighted by Crippen LogP contribution is 2.32. The van der Waals surface area contributed by atoms with Crippen LogP contribution in [0.1, 0.15) is 24.3 Å². The van der Waals surface area contributed by atoms with E-state index in [9.17, 15) is 8.42 Å². The van der Waals surface area contributed by atoms with Gasteiger partial charge in [0.25, 0.3) is 0 Å². The third-order valence-electron chi connectivity index (χ3n) is 4.34. The molecule has 1 N–H and O–H groups in total. The van der Waals surface area contributed by atoms with E-state index in [0.717, 1.165) is 32.5 Å². The number of nitrogens with zero attached hydrogens (tertiary/aromatic N) is 1. The van der Waals surface area contributed by atoms with Crippen molar-refractivity contribution in [1.82, 2.24) is 4.90 Å². The zero-order valence-electron chi connectivity index (χ0n) is 11.7. The van der Waals surface area contributed by atoms with Crippen molar-refractivity contribution in [2.45, 2.75) is 18.8 Å². The smallest absolute Gasteiger partial charge is 0.151 e. The number of anilines is 1. The van der Waals surface area contributed by atoms with Crippen LogP contribution in [0.15, 0.2) is 24.3 Å². The molecule has 1 unspecified atom stereocenters. The quantitative estimate of drug-likeness (QED) is 0.902. The van der Waals surface area contributed by atoms with Crippen molar-refractivity contribution in [2.75, 3.05) is 43.0 Å². The van der Waals surface area contributed by atoms with Gasteiger partial charge in [-0.05, 0) is 31.0 Å². The van der Waals surface area contributed by atoms with E-state index in [1.165, 1.54) is 11.3 Å². The van der Waals surface area contributed by atoms with Crippen LogP contribution in [-0.4, -0.2) is 51.0 Å². The van der Waals surface area contributed by atoms with Crippen LogP contribution in [0.2, 0.25) is 0 Å². The molecule has 2 aliphatic heterocycles. The van der Waals surface area contributed by atoms with Gasteiger partial charge in [-0.25, -0.2) is 8.42 Å². The lowest BCUT2D eigenvalue weighted by atomic mass is 9.90. The van der Waals surface area contributed by atoms with E-state index in [0.29, 0.717) is 24.0 Å². The second-order valence-electron chi connectivity index (χ2n) is 5.81. The van der Waals surface area contributed by atoms with E-state index in [1.54, 1.807) is 0 Å². The minimum atomic E-state index is -2.81. The van der Waals surface area contributed by atoms with Gasteiger partial charge in [0.05, 0.1) is 11.5 Å². The fraction of sp³-hybridized carbons (Fsp3) is 0.600. The zero-order chi connectivity index (χ0) is 14.0. The highest BCUT2D eigenvalue weighted by molar-refractivity contribution is 7.91. The van der Waals surface area contributed by atoms with Crippen LogP contribution in [0.5, 0.6) is 0 Å². The summed E-state index contributed by atoms with van der Waals surface area (Å²) >= 11 is 0. The summed E-state index contributed by atoms with van der Waals surface area (Å²) in [7, 11) is -2.81. The number of benzene rings is 1. The molecule has 0 bridgehead atoms. The Hall–Kier alpha value is -1.07. The molecule has 0 spiro atoms. The van der Waals surface area contributed by atoms with Crippen molar-refractivity contribution in [3.05, 3.63) is 29.8 Å². The Labute approximate surface area is 121 Å². The SMILES string of the molecule is O=S1(=O)CCCN(CC2CCNc3ccccc32)CC1. The van der Waals surface area contributed by atoms with Gasteiger partial charge in [-0.15, -0.1) is 0 Å². The summed E-state index contributed by atoms with van der Waals surface area (Å²) in [6, 6.07) is 8.48. The van der Waals surface area contributed by atoms with Gasteiger partial charge in [0, 0.05) is 31.2 Å². The molecule has 5 heteroatoms. The number of nitrogens with one attached hydrogen (secondary N) is 1. The minimum Gasteiger partial charge on any atom is -0.385 e. The zero-order valence-corrected chi connectivity index (χ0v) is 12.5. The standard InChI is InChI=1S/C15H22N2O2S/c18-20(19)10-3-8-17(9-11-20)12-13-6-7-16-15-5-2-1-4-14(13)15/h1-2,4-5,13,16H,3,6-12H2. The number of para-hydroxylation sites is 1. The maximum Gasteiger partial charge on any atom is 0.151 e. The van der Waals surface area contributed by atoms with Gasteiger partial charge in [0.2, 0.25) is 0 Å². The lowest BCUT2D eigenvalue weighted by Crippen LogP contribution is -2.33. The van der Waals surface area contributed by atoms with Crippen LogP contribution in [0, 0.1) is 0 Å². The van der Waals surface area contributed by atoms with Crippen molar-refractivity contribution < 1.29 is 8.42 Å². The average Bonchev–Trinajstić information content (AvgIpc) is 2.61. The summed E-state index contributed by atoms with van der Waals surface area (Å²) < 4.78 is 23.3. The van der Waals surface area contributed by atoms with Gasteiger partial charge >= 0.3 is 0 Å². The van der Waals surface area contributed by atoms with Gasteiger partial charge in [-0.2, -0.15) is 0 Å². The van der Waals surface area contributed by atoms with E-state index >= 15 is 0 Å². The highest BCUT2D eigenvalue weighted by atomic mass is 32.2. The molecular formula is C15H22N2O2S. The maximum absolute atomic E-state index is 11.7. The topological polar surface area (TPSA) is 49.4 Å². The Morgan fingerprint density at radius 1 is 1.20 bits per heavy atom. The lowest BCUT2D eigenvalue weighted by Gasteiger charge is -2.31. The van der Waals surface area contributed by atoms with Crippen LogP contribution in [0.4, 0.5) is 5.69 Å². The first-order chi connectivity index (χ1) is 9.64. The molecule has 1 aromatic carbocycles. The molecule has 0 amide bonds. The molecule has 3 rings (SSSR count). The summed E-state index contributed by atoms with van der Waals surface area (Å²) in [4.78, 5) is 2.33. The highest BCUT2D eigenvalue weighted by Gasteiger charge is 2.25. The normalized spacial score (nSPS) is 26.3. The molecule has 2 aliphatic rings. The molecule has 0 saturated carbocycles. The van der Waals surface area contributed by atoms with E-state index in [1.807, 2.05) is 0 Å². The second-order valence-corrected chi connectivity index (χ2v) is 8.11. The monoisotopic (exact) mass is 294 g/mol. The lowest BCUT2D eigenvalue weighted by molar-refractivity contribution is 0.271. The number of hydrogen-bond acceptors (Lipinski definition) is 4. The first kappa shape index (κ1) is 13.9. The van der Waals surface area contributed by atoms with Gasteiger partial charge in [-0.3, -0.25) is 0 Å². The van der Waals surface area contributed by atoms with Crippen molar-refractivity contribution in [1.29, 1.82) is 0 Å². The maximum atomic E-state index is 11.7. The summed E-state index contributed by atoms with van der Waals surface area (Å²) in [5.41, 5.74) is 2.62. The predicted octanol–water partition coefficient (Wildman–Crippen LogP) is 1.71. The van der Waals surface area contributed by atoms with E-state index in [2.05, 4.69) is 34.5 Å². The number of hydrogen-bond donors (Lipinski definition) is 1. The molecule has 0 radical (unpaired) electrons. The predicted molar refractivity (Wildman–Crippen MR) is 82.0 cm³/mol. The van der Waals surface area contributed by atoms with Crippen molar-refractivity contribution in [2.24, 2.45) is 0 Å². The Morgan fingerprint density at radius 2 is 2.05 bits per heavy atom. The van der Waals surface area contributed by atoms with Gasteiger partial charge in [-0.1, -0.05) is 18.2 Å². The molecular weight excluding hydrogens is 272 g/mol. The Morgan fingerprint density at radius 3 is 2.95 bits per heavy atom. The van der Waals surface area contributed by atoms with Crippen LogP contribution in [0.25, 0.3) is 0 Å². The molecule has 0 aliphatic carbocycles. The molecule has 20 heavy (non-hydrogen) atoms. The molecule has 1 atom stereocenters. The third-order valence-corrected chi connectivity index (χ3v) is 6.05. The summed E-state index contributed by atoms with van der Waals surface area (Å²) in [6.45, 7) is 3.59. The van der Waals surface area contributed by atoms with Gasteiger partial charge in [0.1, 0.15) is 0 Å². The Kier molecular flexibility index (Phi) is 3.98. The van der Waals surface area contributed by atoms with Crippen molar-refractivity contribution in [3.8, 4) is 0 Å². The molecule has 2 heterocycles. The average molecular weight is 294 g/mol. The van der Waals surface area contributed by atoms with Crippen molar-refractivity contribution >= 4 is 15.5 Å². The largest absolute Gasteiger partial charge is 0.385 e. The van der Waals surface area contributed by atoms with Crippen LogP contribution < -0.4 is 5.32 Å².